The number of hydrogen-bond donors (Lipinski definition) is 2. The van der Waals surface area contributed by atoms with E-state index in [1.807, 2.05) is 19.1 Å². The molecule has 3 aromatic rings. The first-order valence-corrected chi connectivity index (χ1v) is 15.3. The first kappa shape index (κ1) is 30.5. The number of nitrogens with one attached hydrogen (secondary N) is 1. The van der Waals surface area contributed by atoms with E-state index in [0.29, 0.717) is 24.0 Å². The van der Waals surface area contributed by atoms with Gasteiger partial charge in [-0.3, -0.25) is 4.79 Å². The third kappa shape index (κ3) is 6.41. The number of amides is 1. The van der Waals surface area contributed by atoms with Crippen molar-refractivity contribution in [3.05, 3.63) is 87.9 Å². The Morgan fingerprint density at radius 2 is 1.76 bits per heavy atom. The Balaban J connectivity index is 1.59. The van der Waals surface area contributed by atoms with Crippen molar-refractivity contribution in [2.24, 2.45) is 0 Å². The molecule has 41 heavy (non-hydrogen) atoms. The van der Waals surface area contributed by atoms with E-state index in [-0.39, 0.29) is 40.7 Å². The standard InChI is InChI=1S/C30H29Cl2N3O5S/c1-2-12-30(13-5-14-35(30)41(39,40)25-17-23(31)16-24(32)18-25)29(38)34-27(28(36)37)15-20-8-10-21(11-9-20)26-7-4-3-6-22(26)19-33/h3-4,6-11,16-18,27H,2,5,12-15H2,1H3,(H,34,38)(H,36,37)/t27?,30-/m0/s1. The molecule has 2 N–H and O–H groups in total. The molecule has 8 nitrogen and oxygen atoms in total. The molecule has 1 heterocycles. The number of halogens is 2. The summed E-state index contributed by atoms with van der Waals surface area (Å²) in [5, 5.41) is 22.3. The summed E-state index contributed by atoms with van der Waals surface area (Å²) < 4.78 is 28.6. The first-order valence-electron chi connectivity index (χ1n) is 13.1. The summed E-state index contributed by atoms with van der Waals surface area (Å²) in [4.78, 5) is 26.0. The van der Waals surface area contributed by atoms with Gasteiger partial charge in [-0.2, -0.15) is 9.57 Å². The highest BCUT2D eigenvalue weighted by Gasteiger charge is 2.53. The number of nitrogens with zero attached hydrogens (tertiary/aromatic N) is 2. The number of carboxylic acids is 1. The maximum atomic E-state index is 13.8. The topological polar surface area (TPSA) is 128 Å². The van der Waals surface area contributed by atoms with Crippen molar-refractivity contribution < 1.29 is 23.1 Å². The third-order valence-electron chi connectivity index (χ3n) is 7.29. The number of benzene rings is 3. The van der Waals surface area contributed by atoms with Crippen LogP contribution in [0.15, 0.2) is 71.6 Å². The SMILES string of the molecule is CCC[C@@]1(C(=O)NC(Cc2ccc(-c3ccccc3C#N)cc2)C(=O)O)CCCN1S(=O)(=O)c1cc(Cl)cc(Cl)c1. The summed E-state index contributed by atoms with van der Waals surface area (Å²) in [5.41, 5.74) is 1.28. The third-order valence-corrected chi connectivity index (χ3v) is 9.68. The van der Waals surface area contributed by atoms with Crippen molar-refractivity contribution in [1.29, 1.82) is 5.26 Å². The molecular weight excluding hydrogens is 585 g/mol. The largest absolute Gasteiger partial charge is 0.480 e. The van der Waals surface area contributed by atoms with E-state index in [4.69, 9.17) is 23.2 Å². The second kappa shape index (κ2) is 12.6. The van der Waals surface area contributed by atoms with Crippen molar-refractivity contribution >= 4 is 45.1 Å². The monoisotopic (exact) mass is 613 g/mol. The van der Waals surface area contributed by atoms with Crippen LogP contribution in [0, 0.1) is 11.3 Å². The smallest absolute Gasteiger partial charge is 0.326 e. The lowest BCUT2D eigenvalue weighted by molar-refractivity contribution is -0.143. The zero-order chi connectivity index (χ0) is 29.8. The van der Waals surface area contributed by atoms with Gasteiger partial charge in [0, 0.05) is 23.0 Å². The minimum absolute atomic E-state index is 0.0138. The number of carbonyl (C=O) groups is 2. The van der Waals surface area contributed by atoms with Crippen molar-refractivity contribution in [3.63, 3.8) is 0 Å². The van der Waals surface area contributed by atoms with Gasteiger partial charge in [0.25, 0.3) is 0 Å². The molecule has 11 heteroatoms. The van der Waals surface area contributed by atoms with Gasteiger partial charge < -0.3 is 10.4 Å². The van der Waals surface area contributed by atoms with Crippen LogP contribution >= 0.6 is 23.2 Å². The fourth-order valence-corrected chi connectivity index (χ4v) is 7.95. The van der Waals surface area contributed by atoms with Gasteiger partial charge in [-0.05, 0) is 60.2 Å². The summed E-state index contributed by atoms with van der Waals surface area (Å²) >= 11 is 12.1. The van der Waals surface area contributed by atoms with Gasteiger partial charge in [0.05, 0.1) is 16.5 Å². The van der Waals surface area contributed by atoms with Crippen molar-refractivity contribution in [1.82, 2.24) is 9.62 Å². The summed E-state index contributed by atoms with van der Waals surface area (Å²) in [6, 6.07) is 19.1. The number of aliphatic carboxylic acids is 1. The molecule has 1 fully saturated rings. The maximum absolute atomic E-state index is 13.8. The van der Waals surface area contributed by atoms with Crippen LogP contribution in [-0.4, -0.2) is 47.8 Å². The highest BCUT2D eigenvalue weighted by Crippen LogP contribution is 2.39. The summed E-state index contributed by atoms with van der Waals surface area (Å²) in [7, 11) is -4.18. The van der Waals surface area contributed by atoms with Gasteiger partial charge >= 0.3 is 5.97 Å². The average Bonchev–Trinajstić information content (AvgIpc) is 3.38. The fourth-order valence-electron chi connectivity index (χ4n) is 5.39. The maximum Gasteiger partial charge on any atom is 0.326 e. The van der Waals surface area contributed by atoms with Gasteiger partial charge in [0.2, 0.25) is 15.9 Å². The highest BCUT2D eigenvalue weighted by molar-refractivity contribution is 7.89. The van der Waals surface area contributed by atoms with Crippen molar-refractivity contribution in [2.75, 3.05) is 6.54 Å². The molecule has 0 spiro atoms. The Kier molecular flexibility index (Phi) is 9.40. The average molecular weight is 615 g/mol. The number of sulfonamides is 1. The molecule has 0 saturated carbocycles. The zero-order valence-corrected chi connectivity index (χ0v) is 24.6. The van der Waals surface area contributed by atoms with Gasteiger partial charge in [-0.1, -0.05) is 79.0 Å². The van der Waals surface area contributed by atoms with Crippen LogP contribution in [0.1, 0.15) is 43.7 Å². The molecule has 1 saturated heterocycles. The Morgan fingerprint density at radius 1 is 1.10 bits per heavy atom. The molecule has 0 aromatic heterocycles. The van der Waals surface area contributed by atoms with Crippen LogP contribution in [0.3, 0.4) is 0 Å². The van der Waals surface area contributed by atoms with Crippen LogP contribution in [0.25, 0.3) is 11.1 Å². The second-order valence-corrected chi connectivity index (χ2v) is 12.7. The lowest BCUT2D eigenvalue weighted by atomic mass is 9.90. The molecule has 2 atom stereocenters. The quantitative estimate of drug-likeness (QED) is 0.303. The van der Waals surface area contributed by atoms with E-state index in [2.05, 4.69) is 11.4 Å². The summed E-state index contributed by atoms with van der Waals surface area (Å²) in [6.07, 6.45) is 1.38. The minimum atomic E-state index is -4.18. The van der Waals surface area contributed by atoms with Crippen LogP contribution < -0.4 is 5.32 Å². The lowest BCUT2D eigenvalue weighted by Crippen LogP contribution is -2.60. The predicted octanol–water partition coefficient (Wildman–Crippen LogP) is 5.67. The molecule has 0 radical (unpaired) electrons. The molecule has 1 aliphatic rings. The van der Waals surface area contributed by atoms with Crippen molar-refractivity contribution in [2.45, 2.75) is 55.5 Å². The van der Waals surface area contributed by atoms with Crippen molar-refractivity contribution in [3.8, 4) is 17.2 Å². The number of carboxylic acid groups (broad SMARTS) is 1. The van der Waals surface area contributed by atoms with E-state index in [9.17, 15) is 28.4 Å². The summed E-state index contributed by atoms with van der Waals surface area (Å²) in [5.74, 6) is -1.89. The zero-order valence-electron chi connectivity index (χ0n) is 22.3. The number of hydrogen-bond acceptors (Lipinski definition) is 5. The molecule has 1 aliphatic heterocycles. The Bertz CT molecular complexity index is 1580. The Labute approximate surface area is 249 Å². The Hall–Kier alpha value is -3.42. The van der Waals surface area contributed by atoms with Gasteiger partial charge in [-0.25, -0.2) is 13.2 Å². The van der Waals surface area contributed by atoms with E-state index in [1.165, 1.54) is 22.5 Å². The normalized spacial score (nSPS) is 18.0. The number of rotatable bonds is 10. The van der Waals surface area contributed by atoms with Gasteiger partial charge in [0.1, 0.15) is 11.6 Å². The second-order valence-electron chi connectivity index (χ2n) is 9.99. The van der Waals surface area contributed by atoms with Gasteiger partial charge in [0.15, 0.2) is 0 Å². The first-order chi connectivity index (χ1) is 19.5. The van der Waals surface area contributed by atoms with E-state index in [0.717, 1.165) is 11.1 Å². The molecule has 1 unspecified atom stereocenters. The number of nitriles is 1. The molecule has 214 valence electrons. The minimum Gasteiger partial charge on any atom is -0.480 e. The van der Waals surface area contributed by atoms with E-state index >= 15 is 0 Å². The Morgan fingerprint density at radius 3 is 2.37 bits per heavy atom. The van der Waals surface area contributed by atoms with Crippen LogP contribution in [0.4, 0.5) is 0 Å². The molecule has 0 aliphatic carbocycles. The van der Waals surface area contributed by atoms with Crippen LogP contribution in [0.5, 0.6) is 0 Å². The van der Waals surface area contributed by atoms with E-state index in [1.54, 1.807) is 36.4 Å². The van der Waals surface area contributed by atoms with E-state index < -0.39 is 33.5 Å². The fraction of sp³-hybridized carbons (Fsp3) is 0.300. The molecule has 3 aromatic carbocycles. The highest BCUT2D eigenvalue weighted by atomic mass is 35.5. The number of carbonyl (C=O) groups excluding carboxylic acids is 1. The van der Waals surface area contributed by atoms with Crippen LogP contribution in [0.2, 0.25) is 10.0 Å². The summed E-state index contributed by atoms with van der Waals surface area (Å²) in [6.45, 7) is 1.94. The molecule has 4 rings (SSSR count). The molecule has 0 bridgehead atoms. The van der Waals surface area contributed by atoms with Crippen LogP contribution in [-0.2, 0) is 26.0 Å². The molecular formula is C30H29Cl2N3O5S. The van der Waals surface area contributed by atoms with Gasteiger partial charge in [-0.15, -0.1) is 0 Å². The molecule has 1 amide bonds. The lowest BCUT2D eigenvalue weighted by Gasteiger charge is -2.37. The predicted molar refractivity (Wildman–Crippen MR) is 157 cm³/mol.